The number of ether oxygens (including phenoxy) is 1. The van der Waals surface area contributed by atoms with Crippen molar-refractivity contribution in [1.29, 1.82) is 5.26 Å². The van der Waals surface area contributed by atoms with Crippen molar-refractivity contribution in [3.8, 4) is 6.07 Å². The highest BCUT2D eigenvalue weighted by atomic mass is 16.5. The lowest BCUT2D eigenvalue weighted by molar-refractivity contribution is 0.0766. The zero-order valence-corrected chi connectivity index (χ0v) is 8.78. The first-order valence-electron chi connectivity index (χ1n) is 5.13. The summed E-state index contributed by atoms with van der Waals surface area (Å²) in [5, 5.41) is 8.53. The molecule has 0 amide bonds. The second-order valence-corrected chi connectivity index (χ2v) is 3.82. The number of methoxy groups -OCH3 is 1. The van der Waals surface area contributed by atoms with E-state index in [9.17, 15) is 0 Å². The zero-order chi connectivity index (χ0) is 10.4. The highest BCUT2D eigenvalue weighted by molar-refractivity contribution is 4.90. The molecular weight excluding hydrogens is 178 g/mol. The number of nitriles is 1. The molecule has 0 radical (unpaired) electrons. The molecule has 0 unspecified atom stereocenters. The van der Waals surface area contributed by atoms with Gasteiger partial charge in [-0.15, -0.1) is 0 Å². The summed E-state index contributed by atoms with van der Waals surface area (Å²) < 4.78 is 5.04. The SMILES string of the molecule is COCCN(CCC#N)C1CC(N)C1. The first-order chi connectivity index (χ1) is 6.77. The van der Waals surface area contributed by atoms with Gasteiger partial charge in [0.1, 0.15) is 0 Å². The van der Waals surface area contributed by atoms with E-state index in [1.807, 2.05) is 0 Å². The van der Waals surface area contributed by atoms with Crippen molar-refractivity contribution >= 4 is 0 Å². The third-order valence-corrected chi connectivity index (χ3v) is 2.76. The van der Waals surface area contributed by atoms with E-state index in [0.29, 0.717) is 18.5 Å². The van der Waals surface area contributed by atoms with Crippen molar-refractivity contribution in [1.82, 2.24) is 4.90 Å². The van der Waals surface area contributed by atoms with E-state index in [2.05, 4.69) is 11.0 Å². The number of rotatable bonds is 6. The third kappa shape index (κ3) is 3.26. The molecule has 1 rings (SSSR count). The van der Waals surface area contributed by atoms with Crippen LogP contribution in [-0.4, -0.2) is 43.8 Å². The Morgan fingerprint density at radius 1 is 1.50 bits per heavy atom. The lowest BCUT2D eigenvalue weighted by Crippen LogP contribution is -2.51. The van der Waals surface area contributed by atoms with E-state index in [1.165, 1.54) is 0 Å². The quantitative estimate of drug-likeness (QED) is 0.667. The lowest BCUT2D eigenvalue weighted by Gasteiger charge is -2.41. The topological polar surface area (TPSA) is 62.3 Å². The van der Waals surface area contributed by atoms with Gasteiger partial charge < -0.3 is 10.5 Å². The van der Waals surface area contributed by atoms with Gasteiger partial charge in [0.2, 0.25) is 0 Å². The van der Waals surface area contributed by atoms with Crippen molar-refractivity contribution in [2.24, 2.45) is 5.73 Å². The summed E-state index contributed by atoms with van der Waals surface area (Å²) in [5.74, 6) is 0. The summed E-state index contributed by atoms with van der Waals surface area (Å²) in [6, 6.07) is 3.12. The second kappa shape index (κ2) is 5.97. The van der Waals surface area contributed by atoms with Gasteiger partial charge in [-0.2, -0.15) is 5.26 Å². The first kappa shape index (κ1) is 11.4. The maximum atomic E-state index is 8.53. The fourth-order valence-electron chi connectivity index (χ4n) is 1.81. The monoisotopic (exact) mass is 197 g/mol. The van der Waals surface area contributed by atoms with Gasteiger partial charge in [-0.1, -0.05) is 0 Å². The Morgan fingerprint density at radius 2 is 2.21 bits per heavy atom. The predicted molar refractivity (Wildman–Crippen MR) is 54.7 cm³/mol. The summed E-state index contributed by atoms with van der Waals surface area (Å²) in [6.45, 7) is 2.49. The molecule has 0 aromatic carbocycles. The minimum atomic E-state index is 0.368. The van der Waals surface area contributed by atoms with Crippen molar-refractivity contribution in [3.05, 3.63) is 0 Å². The fourth-order valence-corrected chi connectivity index (χ4v) is 1.81. The highest BCUT2D eigenvalue weighted by Gasteiger charge is 2.30. The molecule has 1 aliphatic rings. The summed E-state index contributed by atoms with van der Waals surface area (Å²) >= 11 is 0. The molecule has 4 heteroatoms. The predicted octanol–water partition coefficient (Wildman–Crippen LogP) is 0.338. The van der Waals surface area contributed by atoms with Gasteiger partial charge in [0.25, 0.3) is 0 Å². The van der Waals surface area contributed by atoms with Crippen molar-refractivity contribution < 1.29 is 4.74 Å². The molecular formula is C10H19N3O. The molecule has 0 heterocycles. The van der Waals surface area contributed by atoms with Gasteiger partial charge in [0.15, 0.2) is 0 Å². The number of nitrogens with zero attached hydrogens (tertiary/aromatic N) is 2. The van der Waals surface area contributed by atoms with Gasteiger partial charge in [-0.25, -0.2) is 0 Å². The van der Waals surface area contributed by atoms with Crippen molar-refractivity contribution in [3.63, 3.8) is 0 Å². The molecule has 0 aliphatic heterocycles. The van der Waals surface area contributed by atoms with E-state index in [1.54, 1.807) is 7.11 Å². The molecule has 80 valence electrons. The van der Waals surface area contributed by atoms with Gasteiger partial charge in [-0.05, 0) is 12.8 Å². The van der Waals surface area contributed by atoms with Crippen LogP contribution in [-0.2, 0) is 4.74 Å². The molecule has 0 bridgehead atoms. The van der Waals surface area contributed by atoms with E-state index in [4.69, 9.17) is 15.7 Å². The van der Waals surface area contributed by atoms with Crippen LogP contribution in [0.1, 0.15) is 19.3 Å². The molecule has 0 aromatic rings. The standard InChI is InChI=1S/C10H19N3O/c1-14-6-5-13(4-2-3-11)10-7-9(12)8-10/h9-10H,2,4-8,12H2,1H3. The van der Waals surface area contributed by atoms with Crippen LogP contribution in [0.25, 0.3) is 0 Å². The smallest absolute Gasteiger partial charge is 0.0635 e. The van der Waals surface area contributed by atoms with Crippen LogP contribution in [0.15, 0.2) is 0 Å². The Balaban J connectivity index is 2.25. The van der Waals surface area contributed by atoms with Crippen LogP contribution in [0, 0.1) is 11.3 Å². The second-order valence-electron chi connectivity index (χ2n) is 3.82. The molecule has 1 fully saturated rings. The third-order valence-electron chi connectivity index (χ3n) is 2.76. The minimum absolute atomic E-state index is 0.368. The van der Waals surface area contributed by atoms with Crippen LogP contribution in [0.2, 0.25) is 0 Å². The summed E-state index contributed by atoms with van der Waals surface area (Å²) in [6.07, 6.45) is 2.72. The Labute approximate surface area is 85.6 Å². The van der Waals surface area contributed by atoms with Gasteiger partial charge >= 0.3 is 0 Å². The molecule has 2 N–H and O–H groups in total. The summed E-state index contributed by atoms with van der Waals surface area (Å²) in [4.78, 5) is 2.32. The molecule has 0 atom stereocenters. The Hall–Kier alpha value is -0.630. The average Bonchev–Trinajstić information content (AvgIpc) is 2.14. The fraction of sp³-hybridized carbons (Fsp3) is 0.900. The lowest BCUT2D eigenvalue weighted by atomic mass is 9.86. The summed E-state index contributed by atoms with van der Waals surface area (Å²) in [7, 11) is 1.70. The van der Waals surface area contributed by atoms with Crippen LogP contribution < -0.4 is 5.73 Å². The Kier molecular flexibility index (Phi) is 4.88. The molecule has 14 heavy (non-hydrogen) atoms. The van der Waals surface area contributed by atoms with Gasteiger partial charge in [0.05, 0.1) is 12.7 Å². The maximum Gasteiger partial charge on any atom is 0.0635 e. The molecule has 0 spiro atoms. The highest BCUT2D eigenvalue weighted by Crippen LogP contribution is 2.23. The van der Waals surface area contributed by atoms with E-state index in [0.717, 1.165) is 32.5 Å². The Morgan fingerprint density at radius 3 is 2.71 bits per heavy atom. The number of hydrogen-bond acceptors (Lipinski definition) is 4. The first-order valence-corrected chi connectivity index (χ1v) is 5.13. The van der Waals surface area contributed by atoms with Crippen molar-refractivity contribution in [2.45, 2.75) is 31.3 Å². The molecule has 1 saturated carbocycles. The Bertz CT molecular complexity index is 196. The van der Waals surface area contributed by atoms with Gasteiger partial charge in [0, 0.05) is 38.7 Å². The maximum absolute atomic E-state index is 8.53. The van der Waals surface area contributed by atoms with Crippen LogP contribution in [0.3, 0.4) is 0 Å². The largest absolute Gasteiger partial charge is 0.383 e. The molecule has 0 aromatic heterocycles. The van der Waals surface area contributed by atoms with Gasteiger partial charge in [-0.3, -0.25) is 4.90 Å². The number of nitrogens with two attached hydrogens (primary N) is 1. The number of hydrogen-bond donors (Lipinski definition) is 1. The molecule has 4 nitrogen and oxygen atoms in total. The van der Waals surface area contributed by atoms with Crippen LogP contribution in [0.5, 0.6) is 0 Å². The summed E-state index contributed by atoms with van der Waals surface area (Å²) in [5.41, 5.74) is 5.74. The minimum Gasteiger partial charge on any atom is -0.383 e. The molecule has 0 saturated heterocycles. The van der Waals surface area contributed by atoms with E-state index in [-0.39, 0.29) is 0 Å². The van der Waals surface area contributed by atoms with E-state index >= 15 is 0 Å². The molecule has 1 aliphatic carbocycles. The van der Waals surface area contributed by atoms with E-state index < -0.39 is 0 Å². The van der Waals surface area contributed by atoms with Crippen molar-refractivity contribution in [2.75, 3.05) is 26.8 Å². The zero-order valence-electron chi connectivity index (χ0n) is 8.78. The van der Waals surface area contributed by atoms with Crippen LogP contribution in [0.4, 0.5) is 0 Å². The normalized spacial score (nSPS) is 25.9. The van der Waals surface area contributed by atoms with Crippen LogP contribution >= 0.6 is 0 Å². The average molecular weight is 197 g/mol.